The topological polar surface area (TPSA) is 0 Å². The van der Waals surface area contributed by atoms with Crippen molar-refractivity contribution in [2.75, 3.05) is 0 Å². The van der Waals surface area contributed by atoms with Crippen molar-refractivity contribution in [2.24, 2.45) is 0 Å². The zero-order valence-electron chi connectivity index (χ0n) is 9.34. The Kier molecular flexibility index (Phi) is 9.75. The molecule has 2 rings (SSSR count). The third-order valence-electron chi connectivity index (χ3n) is 2.50. The number of benzene rings is 1. The first-order valence-electron chi connectivity index (χ1n) is 5.04. The number of rotatable bonds is 3. The quantitative estimate of drug-likeness (QED) is 0.570. The number of hydrogen-bond donors (Lipinski definition) is 0. The summed E-state index contributed by atoms with van der Waals surface area (Å²) in [7, 11) is 0. The van der Waals surface area contributed by atoms with Crippen molar-refractivity contribution in [3.8, 4) is 0 Å². The molecule has 0 N–H and O–H groups in total. The summed E-state index contributed by atoms with van der Waals surface area (Å²) in [6, 6.07) is 13.2. The van der Waals surface area contributed by atoms with Crippen LogP contribution >= 0.6 is 0 Å². The van der Waals surface area contributed by atoms with Gasteiger partial charge in [-0.25, -0.2) is 0 Å². The maximum absolute atomic E-state index is 2.31. The van der Waals surface area contributed by atoms with Crippen molar-refractivity contribution in [1.82, 2.24) is 0 Å². The fraction of sp³-hybridized carbons (Fsp3) is 0.308. The van der Waals surface area contributed by atoms with Gasteiger partial charge in [-0.3, -0.25) is 0 Å². The van der Waals surface area contributed by atoms with Crippen molar-refractivity contribution in [2.45, 2.75) is 26.2 Å². The zero-order valence-corrected chi connectivity index (χ0v) is 11.8. The number of aryl methyl sites for hydroxylation is 1. The summed E-state index contributed by atoms with van der Waals surface area (Å²) in [4.78, 5) is 0. The molecule has 3 heteroatoms. The van der Waals surface area contributed by atoms with E-state index in [0.29, 0.717) is 0 Å². The summed E-state index contributed by atoms with van der Waals surface area (Å²) in [5, 5.41) is 2.77. The Morgan fingerprint density at radius 1 is 1.12 bits per heavy atom. The van der Waals surface area contributed by atoms with Gasteiger partial charge in [0, 0.05) is 0 Å². The summed E-state index contributed by atoms with van der Waals surface area (Å²) in [5.74, 6) is 0. The zero-order chi connectivity index (χ0) is 9.10. The van der Waals surface area contributed by atoms with Crippen molar-refractivity contribution in [3.05, 3.63) is 42.0 Å². The standard InChI is InChI=1S/C13H15.2FH.Zr/c1-2-3-6-11-9-12-7-4-5-8-13(12)10-11;;;/h4-5,7-10H,2-3,6H2,1H3;2*1H;/q-1;;;+3/p-2. The molecule has 0 saturated carbocycles. The molecule has 0 aliphatic heterocycles. The summed E-state index contributed by atoms with van der Waals surface area (Å²) in [5.41, 5.74) is 1.49. The van der Waals surface area contributed by atoms with Crippen LogP contribution in [0.1, 0.15) is 25.3 Å². The van der Waals surface area contributed by atoms with Gasteiger partial charge in [0.05, 0.1) is 0 Å². The normalized spacial score (nSPS) is 8.81. The van der Waals surface area contributed by atoms with Crippen LogP contribution in [-0.2, 0) is 32.6 Å². The van der Waals surface area contributed by atoms with Gasteiger partial charge in [0.25, 0.3) is 0 Å². The van der Waals surface area contributed by atoms with Gasteiger partial charge < -0.3 is 9.41 Å². The van der Waals surface area contributed by atoms with Crippen LogP contribution in [0.25, 0.3) is 10.8 Å². The Labute approximate surface area is 114 Å². The fourth-order valence-corrected chi connectivity index (χ4v) is 1.74. The molecule has 1 radical (unpaired) electrons. The molecular weight excluding hydrogens is 285 g/mol. The second-order valence-corrected chi connectivity index (χ2v) is 3.60. The summed E-state index contributed by atoms with van der Waals surface area (Å²) in [6.07, 6.45) is 3.81. The molecule has 0 nitrogen and oxygen atoms in total. The molecule has 0 aliphatic carbocycles. The average Bonchev–Trinajstić information content (AvgIpc) is 2.57. The van der Waals surface area contributed by atoms with Gasteiger partial charge in [0.15, 0.2) is 0 Å². The number of fused-ring (bicyclic) bond motifs is 1. The van der Waals surface area contributed by atoms with E-state index in [9.17, 15) is 0 Å². The molecule has 0 amide bonds. The maximum Gasteiger partial charge on any atom is 3.00 e. The predicted octanol–water partition coefficient (Wildman–Crippen LogP) is -2.09. The fourth-order valence-electron chi connectivity index (χ4n) is 1.74. The molecule has 0 atom stereocenters. The smallest absolute Gasteiger partial charge is 1.00 e. The van der Waals surface area contributed by atoms with Gasteiger partial charge >= 0.3 is 26.2 Å². The third kappa shape index (κ3) is 4.21. The van der Waals surface area contributed by atoms with Crippen LogP contribution in [0.5, 0.6) is 0 Å². The van der Waals surface area contributed by atoms with Gasteiger partial charge in [0.2, 0.25) is 0 Å². The number of halogens is 2. The van der Waals surface area contributed by atoms with Crippen LogP contribution in [-0.4, -0.2) is 0 Å². The van der Waals surface area contributed by atoms with Gasteiger partial charge in [-0.1, -0.05) is 25.8 Å². The second kappa shape index (κ2) is 8.69. The monoisotopic (exact) mass is 299 g/mol. The van der Waals surface area contributed by atoms with Gasteiger partial charge in [-0.15, -0.1) is 40.6 Å². The Bertz CT molecular complexity index is 362. The Morgan fingerprint density at radius 2 is 1.81 bits per heavy atom. The predicted molar refractivity (Wildman–Crippen MR) is 58.2 cm³/mol. The van der Waals surface area contributed by atoms with Crippen molar-refractivity contribution in [3.63, 3.8) is 0 Å². The van der Waals surface area contributed by atoms with E-state index >= 15 is 0 Å². The van der Waals surface area contributed by atoms with E-state index in [2.05, 4.69) is 43.3 Å². The van der Waals surface area contributed by atoms with Crippen LogP contribution < -0.4 is 9.41 Å². The van der Waals surface area contributed by atoms with E-state index in [0.717, 1.165) is 0 Å². The molecule has 2 aromatic carbocycles. The molecule has 0 spiro atoms. The van der Waals surface area contributed by atoms with Gasteiger partial charge in [-0.2, -0.15) is 6.07 Å². The molecule has 0 bridgehead atoms. The molecule has 16 heavy (non-hydrogen) atoms. The first-order valence-corrected chi connectivity index (χ1v) is 5.04. The van der Waals surface area contributed by atoms with Crippen molar-refractivity contribution >= 4 is 10.8 Å². The van der Waals surface area contributed by atoms with E-state index in [1.165, 1.54) is 35.6 Å². The summed E-state index contributed by atoms with van der Waals surface area (Å²) in [6.45, 7) is 2.24. The van der Waals surface area contributed by atoms with E-state index in [1.807, 2.05) is 0 Å². The van der Waals surface area contributed by atoms with E-state index in [4.69, 9.17) is 0 Å². The first-order chi connectivity index (χ1) is 6.40. The Hall–Kier alpha value is -0.427. The molecule has 0 aliphatic rings. The van der Waals surface area contributed by atoms with Crippen molar-refractivity contribution in [1.29, 1.82) is 0 Å². The van der Waals surface area contributed by atoms with Crippen LogP contribution in [0, 0.1) is 0 Å². The minimum Gasteiger partial charge on any atom is -1.00 e. The van der Waals surface area contributed by atoms with Crippen LogP contribution in [0.2, 0.25) is 0 Å². The molecule has 0 unspecified atom stereocenters. The van der Waals surface area contributed by atoms with E-state index < -0.39 is 0 Å². The number of unbranched alkanes of at least 4 members (excludes halogenated alkanes) is 1. The molecule has 0 heterocycles. The minimum absolute atomic E-state index is 0. The molecule has 85 valence electrons. The largest absolute Gasteiger partial charge is 3.00 e. The van der Waals surface area contributed by atoms with Gasteiger partial charge in [-0.05, 0) is 6.42 Å². The van der Waals surface area contributed by atoms with E-state index in [1.54, 1.807) is 0 Å². The Balaban J connectivity index is 0. The molecule has 0 saturated heterocycles. The molecular formula is C13H15F2Zr. The van der Waals surface area contributed by atoms with E-state index in [-0.39, 0.29) is 35.6 Å². The van der Waals surface area contributed by atoms with Crippen LogP contribution in [0.3, 0.4) is 0 Å². The maximum atomic E-state index is 2.31. The summed E-state index contributed by atoms with van der Waals surface area (Å²) < 4.78 is 0. The molecule has 2 aromatic rings. The first kappa shape index (κ1) is 18.0. The summed E-state index contributed by atoms with van der Waals surface area (Å²) >= 11 is 0. The Morgan fingerprint density at radius 3 is 2.44 bits per heavy atom. The van der Waals surface area contributed by atoms with Crippen molar-refractivity contribution < 1.29 is 35.6 Å². The van der Waals surface area contributed by atoms with Crippen LogP contribution in [0.4, 0.5) is 0 Å². The second-order valence-electron chi connectivity index (χ2n) is 3.60. The third-order valence-corrected chi connectivity index (χ3v) is 2.50. The SMILES string of the molecule is CCCCc1cc2ccccc2[cH-]1.[F-].[F-].[Zr+3]. The number of hydrogen-bond acceptors (Lipinski definition) is 0. The van der Waals surface area contributed by atoms with Gasteiger partial charge in [0.1, 0.15) is 0 Å². The molecule has 0 fully saturated rings. The minimum atomic E-state index is 0. The average molecular weight is 300 g/mol. The molecule has 0 aromatic heterocycles. The van der Waals surface area contributed by atoms with Crippen LogP contribution in [0.15, 0.2) is 36.4 Å².